The van der Waals surface area contributed by atoms with E-state index in [1.54, 1.807) is 6.92 Å². The zero-order valence-electron chi connectivity index (χ0n) is 20.0. The van der Waals surface area contributed by atoms with Crippen LogP contribution in [-0.2, 0) is 11.2 Å². The van der Waals surface area contributed by atoms with Crippen molar-refractivity contribution in [1.82, 2.24) is 5.32 Å². The van der Waals surface area contributed by atoms with Gasteiger partial charge in [0, 0.05) is 42.8 Å². The Hall–Kier alpha value is -3.54. The number of anilines is 2. The summed E-state index contributed by atoms with van der Waals surface area (Å²) in [4.78, 5) is 17.3. The van der Waals surface area contributed by atoms with Crippen molar-refractivity contribution >= 4 is 24.1 Å². The van der Waals surface area contributed by atoms with Gasteiger partial charge in [0.2, 0.25) is 0 Å². The summed E-state index contributed by atoms with van der Waals surface area (Å²) in [6.45, 7) is 6.67. The Balaban J connectivity index is 1.40. The van der Waals surface area contributed by atoms with Gasteiger partial charge in [0.25, 0.3) is 0 Å². The monoisotopic (exact) mass is 459 g/mol. The molecule has 178 valence electrons. The minimum atomic E-state index is -0.980. The maximum Gasteiger partial charge on any atom is 0.337 e. The van der Waals surface area contributed by atoms with Gasteiger partial charge in [0.15, 0.2) is 0 Å². The molecule has 1 fully saturated rings. The summed E-state index contributed by atoms with van der Waals surface area (Å²) >= 11 is 0. The third-order valence-electron chi connectivity index (χ3n) is 6.72. The number of ether oxygens (including phenoxy) is 1. The van der Waals surface area contributed by atoms with Crippen LogP contribution in [0.3, 0.4) is 0 Å². The summed E-state index contributed by atoms with van der Waals surface area (Å²) in [5.74, 6) is 1.05. The molecule has 4 rings (SSSR count). The molecular weight excluding hydrogens is 426 g/mol. The molecule has 0 spiro atoms. The summed E-state index contributed by atoms with van der Waals surface area (Å²) in [5, 5.41) is 12.7. The Morgan fingerprint density at radius 1 is 1.21 bits per heavy atom. The Kier molecular flexibility index (Phi) is 7.36. The fourth-order valence-corrected chi connectivity index (χ4v) is 4.38. The number of carboxylic acid groups (broad SMARTS) is 1. The molecule has 6 heteroatoms. The zero-order chi connectivity index (χ0) is 24.1. The van der Waals surface area contributed by atoms with Crippen molar-refractivity contribution in [1.29, 1.82) is 0 Å². The highest BCUT2D eigenvalue weighted by molar-refractivity contribution is 5.90. The molecule has 2 aliphatic carbocycles. The van der Waals surface area contributed by atoms with Crippen LogP contribution >= 0.6 is 0 Å². The van der Waals surface area contributed by atoms with Crippen molar-refractivity contribution in [2.24, 2.45) is 10.9 Å². The largest absolute Gasteiger partial charge is 0.493 e. The van der Waals surface area contributed by atoms with E-state index in [0.29, 0.717) is 18.2 Å². The highest BCUT2D eigenvalue weighted by atomic mass is 16.5. The van der Waals surface area contributed by atoms with Gasteiger partial charge in [0.1, 0.15) is 5.75 Å². The van der Waals surface area contributed by atoms with Crippen molar-refractivity contribution in [2.45, 2.75) is 38.5 Å². The minimum Gasteiger partial charge on any atom is -0.493 e. The van der Waals surface area contributed by atoms with Crippen molar-refractivity contribution in [3.8, 4) is 5.75 Å². The second kappa shape index (κ2) is 10.6. The van der Waals surface area contributed by atoms with Crippen molar-refractivity contribution < 1.29 is 14.6 Å². The number of hydrogen-bond donors (Lipinski definition) is 2. The van der Waals surface area contributed by atoms with Crippen LogP contribution in [0.4, 0.5) is 11.4 Å². The molecule has 0 saturated heterocycles. The molecule has 2 aromatic rings. The number of hydrogen-bond acceptors (Lipinski definition) is 5. The lowest BCUT2D eigenvalue weighted by Gasteiger charge is -2.21. The van der Waals surface area contributed by atoms with E-state index in [1.165, 1.54) is 36.2 Å². The SMILES string of the molecule is C=N/C=C\C(C(=O)O)=C(/C)NC[C@@H]1CCc2cc(N(C)c3ccc(OCC4CC4)cc3)ccc21. The van der Waals surface area contributed by atoms with Gasteiger partial charge in [0.05, 0.1) is 12.2 Å². The first kappa shape index (κ1) is 23.6. The summed E-state index contributed by atoms with van der Waals surface area (Å²) in [7, 11) is 2.09. The molecule has 6 nitrogen and oxygen atoms in total. The summed E-state index contributed by atoms with van der Waals surface area (Å²) < 4.78 is 5.86. The van der Waals surface area contributed by atoms with Crippen LogP contribution in [0.25, 0.3) is 0 Å². The summed E-state index contributed by atoms with van der Waals surface area (Å²) in [5.41, 5.74) is 5.80. The molecule has 0 unspecified atom stereocenters. The fourth-order valence-electron chi connectivity index (χ4n) is 4.38. The molecule has 0 aromatic heterocycles. The van der Waals surface area contributed by atoms with E-state index in [9.17, 15) is 9.90 Å². The highest BCUT2D eigenvalue weighted by Gasteiger charge is 2.24. The number of nitrogens with zero attached hydrogens (tertiary/aromatic N) is 2. The molecule has 1 saturated carbocycles. The van der Waals surface area contributed by atoms with Crippen LogP contribution in [0.1, 0.15) is 43.2 Å². The number of fused-ring (bicyclic) bond motifs is 1. The summed E-state index contributed by atoms with van der Waals surface area (Å²) in [6.07, 6.45) is 7.51. The average Bonchev–Trinajstić information content (AvgIpc) is 3.59. The number of rotatable bonds is 11. The molecule has 2 aliphatic rings. The Morgan fingerprint density at radius 3 is 2.62 bits per heavy atom. The van der Waals surface area contributed by atoms with Gasteiger partial charge in [-0.3, -0.25) is 4.99 Å². The van der Waals surface area contributed by atoms with E-state index in [4.69, 9.17) is 4.74 Å². The first-order valence-electron chi connectivity index (χ1n) is 11.9. The number of nitrogens with one attached hydrogen (secondary N) is 1. The second-order valence-electron chi connectivity index (χ2n) is 9.15. The molecule has 0 bridgehead atoms. The van der Waals surface area contributed by atoms with Crippen molar-refractivity contribution in [3.05, 3.63) is 77.1 Å². The molecule has 2 N–H and O–H groups in total. The van der Waals surface area contributed by atoms with Crippen LogP contribution in [0, 0.1) is 5.92 Å². The highest BCUT2D eigenvalue weighted by Crippen LogP contribution is 2.37. The number of aryl methyl sites for hydroxylation is 1. The van der Waals surface area contributed by atoms with E-state index >= 15 is 0 Å². The molecule has 0 aliphatic heterocycles. The van der Waals surface area contributed by atoms with E-state index in [2.05, 4.69) is 59.3 Å². The zero-order valence-corrected chi connectivity index (χ0v) is 20.0. The third kappa shape index (κ3) is 5.68. The quantitative estimate of drug-likeness (QED) is 0.266. The minimum absolute atomic E-state index is 0.201. The molecular formula is C28H33N3O3. The molecule has 34 heavy (non-hydrogen) atoms. The molecule has 0 radical (unpaired) electrons. The third-order valence-corrected chi connectivity index (χ3v) is 6.72. The van der Waals surface area contributed by atoms with E-state index in [1.807, 2.05) is 12.1 Å². The Labute approximate surface area is 201 Å². The van der Waals surface area contributed by atoms with Gasteiger partial charge in [-0.2, -0.15) is 0 Å². The predicted molar refractivity (Wildman–Crippen MR) is 137 cm³/mol. The van der Waals surface area contributed by atoms with Gasteiger partial charge < -0.3 is 20.1 Å². The number of carbonyl (C=O) groups is 1. The lowest BCUT2D eigenvalue weighted by molar-refractivity contribution is -0.132. The van der Waals surface area contributed by atoms with Gasteiger partial charge >= 0.3 is 5.97 Å². The van der Waals surface area contributed by atoms with Crippen LogP contribution in [0.2, 0.25) is 0 Å². The van der Waals surface area contributed by atoms with Crippen molar-refractivity contribution in [3.63, 3.8) is 0 Å². The van der Waals surface area contributed by atoms with Gasteiger partial charge in [-0.25, -0.2) is 4.79 Å². The van der Waals surface area contributed by atoms with Crippen LogP contribution in [0.5, 0.6) is 5.75 Å². The van der Waals surface area contributed by atoms with E-state index < -0.39 is 5.97 Å². The van der Waals surface area contributed by atoms with Crippen LogP contribution in [-0.4, -0.2) is 38.0 Å². The van der Waals surface area contributed by atoms with Gasteiger partial charge in [-0.1, -0.05) is 6.07 Å². The number of allylic oxidation sites excluding steroid dienone is 1. The summed E-state index contributed by atoms with van der Waals surface area (Å²) in [6, 6.07) is 15.0. The van der Waals surface area contributed by atoms with E-state index in [-0.39, 0.29) is 5.57 Å². The lowest BCUT2D eigenvalue weighted by atomic mass is 10.0. The number of carboxylic acids is 1. The van der Waals surface area contributed by atoms with Crippen molar-refractivity contribution in [2.75, 3.05) is 25.1 Å². The predicted octanol–water partition coefficient (Wildman–Crippen LogP) is 5.44. The second-order valence-corrected chi connectivity index (χ2v) is 9.15. The van der Waals surface area contributed by atoms with Gasteiger partial charge in [-0.05, 0) is 98.8 Å². The standard InChI is InChI=1S/C28H33N3O3/c1-19(26(28(32)33)14-15-29-2)30-17-22-7-6-21-16-24(10-13-27(21)22)31(3)23-8-11-25(12-9-23)34-18-20-4-5-20/h8-16,20,22,30H,2,4-7,17-18H2,1,3H3,(H,32,33)/b15-14-,26-19-/t22-/m0/s1. The maximum absolute atomic E-state index is 11.5. The molecule has 2 aromatic carbocycles. The number of benzene rings is 2. The smallest absolute Gasteiger partial charge is 0.337 e. The number of aliphatic carboxylic acids is 1. The fraction of sp³-hybridized carbons (Fsp3) is 0.357. The van der Waals surface area contributed by atoms with E-state index in [0.717, 1.165) is 42.5 Å². The van der Waals surface area contributed by atoms with Crippen LogP contribution in [0.15, 0.2) is 71.0 Å². The lowest BCUT2D eigenvalue weighted by Crippen LogP contribution is -2.21. The van der Waals surface area contributed by atoms with Crippen LogP contribution < -0.4 is 15.0 Å². The molecule has 0 heterocycles. The first-order valence-corrected chi connectivity index (χ1v) is 11.9. The number of aliphatic imine (C=N–C) groups is 1. The first-order chi connectivity index (χ1) is 16.5. The normalized spacial score (nSPS) is 17.8. The maximum atomic E-state index is 11.5. The topological polar surface area (TPSA) is 74.2 Å². The Bertz CT molecular complexity index is 1100. The average molecular weight is 460 g/mol. The molecule has 0 amide bonds. The Morgan fingerprint density at radius 2 is 1.94 bits per heavy atom. The van der Waals surface area contributed by atoms with Gasteiger partial charge in [-0.15, -0.1) is 0 Å². The molecule has 1 atom stereocenters.